The van der Waals surface area contributed by atoms with Crippen LogP contribution < -0.4 is 10.0 Å². The number of amides is 2. The molecule has 2 radical (unpaired) electrons. The lowest BCUT2D eigenvalue weighted by atomic mass is 9.78. The van der Waals surface area contributed by atoms with Crippen LogP contribution >= 0.6 is 8.60 Å². The van der Waals surface area contributed by atoms with Crippen LogP contribution in [0.15, 0.2) is 51.2 Å². The Morgan fingerprint density at radius 3 is 2.47 bits per heavy atom. The van der Waals surface area contributed by atoms with Crippen LogP contribution in [0, 0.1) is 11.8 Å². The van der Waals surface area contributed by atoms with E-state index < -0.39 is 45.9 Å². The number of nitrogens with two attached hydrogens (primary N) is 1. The minimum atomic E-state index is -4.00. The second kappa shape index (κ2) is 11.4. The Morgan fingerprint density at radius 1 is 1.15 bits per heavy atom. The Kier molecular flexibility index (Phi) is 7.79. The van der Waals surface area contributed by atoms with Crippen molar-refractivity contribution in [3.05, 3.63) is 47.2 Å². The van der Waals surface area contributed by atoms with Gasteiger partial charge in [0.15, 0.2) is 6.54 Å². The number of aliphatic hydroxyl groups excluding tert-OH is 1. The highest BCUT2D eigenvalue weighted by Crippen LogP contribution is 2.50. The summed E-state index contributed by atoms with van der Waals surface area (Å²) in [6.45, 7) is 10.3. The third-order valence-corrected chi connectivity index (χ3v) is 13.5. The molecule has 0 spiro atoms. The van der Waals surface area contributed by atoms with E-state index in [0.717, 1.165) is 72.1 Å². The minimum Gasteiger partial charge on any atom is -0.393 e. The van der Waals surface area contributed by atoms with Crippen LogP contribution in [0.4, 0.5) is 5.69 Å². The number of sulfonamides is 1. The fraction of sp³-hybridized carbons (Fsp3) is 0.516. The number of anilines is 1. The van der Waals surface area contributed by atoms with Gasteiger partial charge in [-0.1, -0.05) is 25.1 Å². The van der Waals surface area contributed by atoms with Crippen LogP contribution in [-0.2, 0) is 35.4 Å². The number of primary amides is 1. The number of nitrogens with zero attached hydrogens (tertiary/aromatic N) is 5. The van der Waals surface area contributed by atoms with E-state index in [-0.39, 0.29) is 31.6 Å². The Hall–Kier alpha value is -3.36. The first-order valence-corrected chi connectivity index (χ1v) is 18.2. The van der Waals surface area contributed by atoms with Crippen molar-refractivity contribution in [2.24, 2.45) is 22.2 Å². The molecular weight excluding hydrogens is 642 g/mol. The molecule has 16 heteroatoms. The van der Waals surface area contributed by atoms with E-state index in [1.54, 1.807) is 12.1 Å². The summed E-state index contributed by atoms with van der Waals surface area (Å²) < 4.78 is 39.8. The van der Waals surface area contributed by atoms with Crippen molar-refractivity contribution in [3.8, 4) is 0 Å². The quantitative estimate of drug-likeness (QED) is 0.163. The summed E-state index contributed by atoms with van der Waals surface area (Å²) in [7, 11) is 1.02. The number of piperazine rings is 3. The number of benzene rings is 2. The molecule has 4 unspecified atom stereocenters. The molecule has 0 aromatic heterocycles. The molecule has 3 N–H and O–H groups in total. The van der Waals surface area contributed by atoms with Crippen LogP contribution in [0.3, 0.4) is 0 Å². The molecule has 47 heavy (non-hydrogen) atoms. The van der Waals surface area contributed by atoms with Crippen LogP contribution in [0.25, 0.3) is 10.8 Å². The number of hydrogen-bond donors (Lipinski definition) is 2. The Balaban J connectivity index is 1.19. The summed E-state index contributed by atoms with van der Waals surface area (Å²) in [4.78, 5) is 39.5. The number of quaternary nitrogens is 2. The van der Waals surface area contributed by atoms with Gasteiger partial charge in [-0.05, 0) is 35.6 Å². The second-order valence-electron chi connectivity index (χ2n) is 13.8. The lowest BCUT2D eigenvalue weighted by molar-refractivity contribution is -1.08. The maximum atomic E-state index is 14.1. The summed E-state index contributed by atoms with van der Waals surface area (Å²) in [6, 6.07) is 8.68. The lowest BCUT2D eigenvalue weighted by Gasteiger charge is -2.55. The van der Waals surface area contributed by atoms with Gasteiger partial charge in [-0.3, -0.25) is 13.9 Å². The van der Waals surface area contributed by atoms with Crippen LogP contribution in [0.2, 0.25) is 0 Å². The third kappa shape index (κ3) is 4.92. The average Bonchev–Trinajstić information content (AvgIpc) is 3.41. The molecule has 0 saturated carbocycles. The summed E-state index contributed by atoms with van der Waals surface area (Å²) in [6.07, 6.45) is -0.164. The highest BCUT2D eigenvalue weighted by Gasteiger charge is 2.60. The van der Waals surface area contributed by atoms with Gasteiger partial charge in [0.2, 0.25) is 14.5 Å². The average molecular weight is 681 g/mol. The van der Waals surface area contributed by atoms with Crippen molar-refractivity contribution in [1.82, 2.24) is 4.90 Å². The molecule has 0 aliphatic carbocycles. The first kappa shape index (κ1) is 32.2. The first-order chi connectivity index (χ1) is 22.3. The molecule has 4 saturated heterocycles. The zero-order valence-corrected chi connectivity index (χ0v) is 28.1. The van der Waals surface area contributed by atoms with Crippen molar-refractivity contribution in [1.29, 1.82) is 0 Å². The standard InChI is InChI=1S/C31H37BN6O7PS/c1-18-22(29(31(42)45-46-34-32)36-28(18)26(19(2)39)30(36)41)16-35-23-5-3-4-21-20(6-7-24(27(21)23)47(35,43)44)8-9-37-10-13-38(14-11-37,15-12-37)17-25(33)40/h3-7,18-19,26,28,39H,8-17H2,1-2H3,(H-,33,40)/q+1/p+1. The van der Waals surface area contributed by atoms with Gasteiger partial charge < -0.3 is 33.9 Å². The van der Waals surface area contributed by atoms with Crippen molar-refractivity contribution >= 4 is 60.8 Å². The van der Waals surface area contributed by atoms with Gasteiger partial charge >= 0.3 is 5.97 Å². The van der Waals surface area contributed by atoms with E-state index in [1.165, 1.54) is 16.1 Å². The van der Waals surface area contributed by atoms with Gasteiger partial charge in [-0.25, -0.2) is 13.2 Å². The summed E-state index contributed by atoms with van der Waals surface area (Å²) >= 11 is 0. The van der Waals surface area contributed by atoms with E-state index in [0.29, 0.717) is 23.2 Å². The molecule has 8 rings (SSSR count). The molecule has 6 aliphatic heterocycles. The largest absolute Gasteiger partial charge is 0.393 e. The van der Waals surface area contributed by atoms with Gasteiger partial charge in [-0.15, -0.1) is 0 Å². The first-order valence-electron chi connectivity index (χ1n) is 15.9. The molecule has 2 bridgehead atoms. The van der Waals surface area contributed by atoms with Gasteiger partial charge in [0.25, 0.3) is 23.9 Å². The predicted molar refractivity (Wildman–Crippen MR) is 174 cm³/mol. The van der Waals surface area contributed by atoms with Crippen molar-refractivity contribution in [2.75, 3.05) is 63.2 Å². The summed E-state index contributed by atoms with van der Waals surface area (Å²) in [5, 5.41) is 11.9. The highest BCUT2D eigenvalue weighted by molar-refractivity contribution is 7.93. The molecular formula is C31H38BN6O7PS+2. The molecule has 2 aromatic rings. The molecule has 4 fully saturated rings. The Morgan fingerprint density at radius 2 is 1.83 bits per heavy atom. The van der Waals surface area contributed by atoms with Crippen molar-refractivity contribution in [3.63, 3.8) is 0 Å². The van der Waals surface area contributed by atoms with E-state index in [9.17, 15) is 27.9 Å². The zero-order chi connectivity index (χ0) is 33.5. The molecule has 2 amide bonds. The third-order valence-electron chi connectivity index (χ3n) is 11.4. The number of aliphatic hydroxyl groups is 1. The molecule has 2 aromatic carbocycles. The normalized spacial score (nSPS) is 31.0. The maximum Gasteiger partial charge on any atom is 0.364 e. The van der Waals surface area contributed by atoms with E-state index in [4.69, 9.17) is 18.2 Å². The highest BCUT2D eigenvalue weighted by atomic mass is 32.2. The zero-order valence-electron chi connectivity index (χ0n) is 26.4. The number of rotatable bonds is 10. The molecule has 6 aliphatic rings. The van der Waals surface area contributed by atoms with Gasteiger partial charge in [-0.2, -0.15) is 0 Å². The minimum absolute atomic E-state index is 0.0185. The number of carbonyl (C=O) groups is 3. The SMILES string of the molecule is [B]N=POC(=O)C1=C(CN2c3cccc4c(CC[N+]56CC[N+](CC(N)=O)(CC5)CC6)ccc(c34)S2(=O)=O)C(C)C2C(C(C)O)C(=O)N12. The number of hydrogen-bond acceptors (Lipinski definition) is 8. The van der Waals surface area contributed by atoms with E-state index >= 15 is 0 Å². The van der Waals surface area contributed by atoms with E-state index in [2.05, 4.69) is 4.66 Å². The van der Waals surface area contributed by atoms with Crippen molar-refractivity contribution < 1.29 is 41.4 Å². The lowest BCUT2D eigenvalue weighted by Crippen LogP contribution is -2.76. The molecule has 6 heterocycles. The monoisotopic (exact) mass is 680 g/mol. The van der Waals surface area contributed by atoms with Crippen LogP contribution in [0.5, 0.6) is 0 Å². The summed E-state index contributed by atoms with van der Waals surface area (Å²) in [5.41, 5.74) is 7.56. The molecule has 4 atom stereocenters. The predicted octanol–water partition coefficient (Wildman–Crippen LogP) is 0.820. The van der Waals surface area contributed by atoms with Crippen molar-refractivity contribution in [2.45, 2.75) is 37.3 Å². The smallest absolute Gasteiger partial charge is 0.364 e. The van der Waals surface area contributed by atoms with Gasteiger partial charge in [0.05, 0.1) is 41.7 Å². The van der Waals surface area contributed by atoms with Gasteiger partial charge in [0, 0.05) is 17.7 Å². The topological polar surface area (TPSA) is 160 Å². The van der Waals surface area contributed by atoms with E-state index in [1.807, 2.05) is 25.1 Å². The number of fused-ring (bicyclic) bond motifs is 4. The van der Waals surface area contributed by atoms with Crippen LogP contribution in [0.1, 0.15) is 19.4 Å². The maximum absolute atomic E-state index is 14.1. The Bertz CT molecular complexity index is 1860. The fourth-order valence-corrected chi connectivity index (χ4v) is 10.7. The molecule has 13 nitrogen and oxygen atoms in total. The number of β-lactam (4-membered cyclic amide) rings is 1. The fourth-order valence-electron chi connectivity index (χ4n) is 8.78. The summed E-state index contributed by atoms with van der Waals surface area (Å²) in [5.74, 6) is -2.62. The van der Waals surface area contributed by atoms with Crippen LogP contribution in [-0.4, -0.2) is 124 Å². The molecule has 246 valence electrons. The number of carbonyl (C=O) groups excluding carboxylic acids is 3. The van der Waals surface area contributed by atoms with Gasteiger partial charge in [0.1, 0.15) is 45.0 Å². The Labute approximate surface area is 276 Å². The second-order valence-corrected chi connectivity index (χ2v) is 16.2.